The first-order chi connectivity index (χ1) is 15.3. The Morgan fingerprint density at radius 2 is 1.68 bits per heavy atom. The van der Waals surface area contributed by atoms with Crippen LogP contribution in [0.1, 0.15) is 61.3 Å². The summed E-state index contributed by atoms with van der Waals surface area (Å²) >= 11 is 0. The monoisotopic (exact) mass is 412 g/mol. The van der Waals surface area contributed by atoms with Crippen LogP contribution in [-0.2, 0) is 13.5 Å². The van der Waals surface area contributed by atoms with E-state index in [0.717, 1.165) is 31.6 Å². The summed E-state index contributed by atoms with van der Waals surface area (Å²) in [6, 6.07) is 19.9. The fourth-order valence-electron chi connectivity index (χ4n) is 5.74. The second-order valence-electron chi connectivity index (χ2n) is 8.89. The molecule has 0 saturated heterocycles. The molecule has 0 bridgehead atoms. The molecule has 0 amide bonds. The molecule has 1 aliphatic carbocycles. The number of aromatic nitrogens is 5. The van der Waals surface area contributed by atoms with Crippen molar-refractivity contribution in [1.29, 1.82) is 0 Å². The van der Waals surface area contributed by atoms with Crippen LogP contribution in [0.15, 0.2) is 54.6 Å². The van der Waals surface area contributed by atoms with Gasteiger partial charge in [-0.3, -0.25) is 0 Å². The van der Waals surface area contributed by atoms with Crippen LogP contribution < -0.4 is 4.90 Å². The maximum atomic E-state index is 4.65. The van der Waals surface area contributed by atoms with Crippen LogP contribution in [0.5, 0.6) is 0 Å². The number of benzene rings is 2. The van der Waals surface area contributed by atoms with Crippen molar-refractivity contribution in [3.8, 4) is 0 Å². The van der Waals surface area contributed by atoms with Gasteiger partial charge in [0.25, 0.3) is 0 Å². The molecule has 2 aliphatic rings. The Labute approximate surface area is 182 Å². The summed E-state index contributed by atoms with van der Waals surface area (Å²) in [6.45, 7) is 0.952. The van der Waals surface area contributed by atoms with Crippen molar-refractivity contribution in [2.75, 3.05) is 11.4 Å². The lowest BCUT2D eigenvalue weighted by atomic mass is 9.93. The van der Waals surface area contributed by atoms with Gasteiger partial charge in [-0.15, -0.1) is 5.10 Å². The highest BCUT2D eigenvalue weighted by Crippen LogP contribution is 2.42. The van der Waals surface area contributed by atoms with E-state index in [-0.39, 0.29) is 6.04 Å². The van der Waals surface area contributed by atoms with Crippen LogP contribution >= 0.6 is 0 Å². The van der Waals surface area contributed by atoms with Crippen LogP contribution in [0.4, 0.5) is 5.69 Å². The summed E-state index contributed by atoms with van der Waals surface area (Å²) in [5.74, 6) is 0.975. The molecule has 2 aromatic heterocycles. The molecule has 1 saturated carbocycles. The van der Waals surface area contributed by atoms with Gasteiger partial charge in [-0.2, -0.15) is 0 Å². The summed E-state index contributed by atoms with van der Waals surface area (Å²) in [5, 5.41) is 14.7. The molecule has 6 nitrogen and oxygen atoms in total. The fraction of sp³-hybridized carbons (Fsp3) is 0.400. The second-order valence-corrected chi connectivity index (χ2v) is 8.89. The third-order valence-electron chi connectivity index (χ3n) is 7.21. The first-order valence-electron chi connectivity index (χ1n) is 11.5. The average molecular weight is 413 g/mol. The van der Waals surface area contributed by atoms with E-state index in [4.69, 9.17) is 0 Å². The van der Waals surface area contributed by atoms with E-state index >= 15 is 0 Å². The predicted octanol–water partition coefficient (Wildman–Crippen LogP) is 4.82. The summed E-state index contributed by atoms with van der Waals surface area (Å²) in [4.78, 5) is 2.49. The minimum Gasteiger partial charge on any atom is -0.356 e. The molecule has 1 unspecified atom stereocenters. The molecule has 1 aliphatic heterocycles. The largest absolute Gasteiger partial charge is 0.356 e. The molecule has 0 radical (unpaired) electrons. The topological polar surface area (TPSA) is 51.8 Å². The lowest BCUT2D eigenvalue weighted by Crippen LogP contribution is -2.39. The maximum Gasteiger partial charge on any atom is 0.180 e. The third-order valence-corrected chi connectivity index (χ3v) is 7.21. The van der Waals surface area contributed by atoms with Crippen molar-refractivity contribution >= 4 is 16.6 Å². The Hall–Kier alpha value is -3.15. The summed E-state index contributed by atoms with van der Waals surface area (Å²) in [7, 11) is 2.19. The zero-order valence-corrected chi connectivity index (χ0v) is 18.0. The third kappa shape index (κ3) is 2.96. The first kappa shape index (κ1) is 18.6. The van der Waals surface area contributed by atoms with Crippen LogP contribution in [0.3, 0.4) is 0 Å². The smallest absolute Gasteiger partial charge is 0.180 e. The van der Waals surface area contributed by atoms with Crippen molar-refractivity contribution in [1.82, 2.24) is 24.8 Å². The van der Waals surface area contributed by atoms with E-state index < -0.39 is 0 Å². The van der Waals surface area contributed by atoms with Gasteiger partial charge in [0.1, 0.15) is 6.04 Å². The van der Waals surface area contributed by atoms with Gasteiger partial charge in [-0.1, -0.05) is 55.7 Å². The van der Waals surface area contributed by atoms with E-state index in [9.17, 15) is 0 Å². The van der Waals surface area contributed by atoms with Gasteiger partial charge < -0.3 is 9.47 Å². The van der Waals surface area contributed by atoms with Crippen molar-refractivity contribution in [3.05, 3.63) is 71.7 Å². The number of para-hydroxylation sites is 2. The Morgan fingerprint density at radius 3 is 2.52 bits per heavy atom. The molecule has 6 rings (SSSR count). The number of hydrogen-bond donors (Lipinski definition) is 0. The van der Waals surface area contributed by atoms with E-state index in [1.54, 1.807) is 0 Å². The fourth-order valence-corrected chi connectivity index (χ4v) is 5.74. The van der Waals surface area contributed by atoms with Crippen LogP contribution in [0.2, 0.25) is 0 Å². The summed E-state index contributed by atoms with van der Waals surface area (Å²) < 4.78 is 4.51. The first-order valence-corrected chi connectivity index (χ1v) is 11.5. The Morgan fingerprint density at radius 1 is 0.903 bits per heavy atom. The van der Waals surface area contributed by atoms with Crippen molar-refractivity contribution in [3.63, 3.8) is 0 Å². The SMILES string of the molecule is Cn1c2c(c3ccccc31)CCN(c1ccccc1)C2c1nnnn1C1CCCCC1. The predicted molar refractivity (Wildman–Crippen MR) is 122 cm³/mol. The van der Waals surface area contributed by atoms with E-state index in [0.29, 0.717) is 6.04 Å². The molecule has 31 heavy (non-hydrogen) atoms. The lowest BCUT2D eigenvalue weighted by molar-refractivity contribution is 0.312. The molecule has 6 heteroatoms. The molecule has 2 aromatic carbocycles. The lowest BCUT2D eigenvalue weighted by Gasteiger charge is -2.38. The highest BCUT2D eigenvalue weighted by Gasteiger charge is 2.38. The molecule has 0 spiro atoms. The number of tetrazole rings is 1. The summed E-state index contributed by atoms with van der Waals surface area (Å²) in [6.07, 6.45) is 7.19. The molecular weight excluding hydrogens is 384 g/mol. The number of anilines is 1. The molecule has 0 N–H and O–H groups in total. The zero-order chi connectivity index (χ0) is 20.8. The number of fused-ring (bicyclic) bond motifs is 3. The number of nitrogens with zero attached hydrogens (tertiary/aromatic N) is 6. The van der Waals surface area contributed by atoms with Gasteiger partial charge in [0.2, 0.25) is 0 Å². The number of aryl methyl sites for hydroxylation is 1. The van der Waals surface area contributed by atoms with Crippen molar-refractivity contribution < 1.29 is 0 Å². The Kier molecular flexibility index (Phi) is 4.51. The van der Waals surface area contributed by atoms with Crippen molar-refractivity contribution in [2.24, 2.45) is 7.05 Å². The highest BCUT2D eigenvalue weighted by molar-refractivity contribution is 5.86. The molecule has 1 atom stereocenters. The average Bonchev–Trinajstić information content (AvgIpc) is 3.43. The molecular formula is C25H28N6. The Bertz CT molecular complexity index is 1200. The highest BCUT2D eigenvalue weighted by atomic mass is 15.6. The Balaban J connectivity index is 1.56. The number of rotatable bonds is 3. The van der Waals surface area contributed by atoms with Crippen molar-refractivity contribution in [2.45, 2.75) is 50.6 Å². The van der Waals surface area contributed by atoms with E-state index in [2.05, 4.69) is 91.3 Å². The molecule has 3 heterocycles. The van der Waals surface area contributed by atoms with Gasteiger partial charge in [0, 0.05) is 30.2 Å². The zero-order valence-electron chi connectivity index (χ0n) is 18.0. The molecule has 1 fully saturated rings. The molecule has 158 valence electrons. The normalized spacial score (nSPS) is 19.6. The molecule has 4 aromatic rings. The quantitative estimate of drug-likeness (QED) is 0.484. The van der Waals surface area contributed by atoms with Crippen LogP contribution in [0, 0.1) is 0 Å². The standard InChI is InChI=1S/C25H28N6/c1-29-22-15-9-8-14-20(22)21-16-17-30(18-10-4-2-5-11-18)24(23(21)29)25-26-27-28-31(25)19-12-6-3-7-13-19/h2,4-5,8-11,14-15,19,24H,3,6-7,12-13,16-17H2,1H3. The minimum absolute atomic E-state index is 0.000441. The van der Waals surface area contributed by atoms with Crippen LogP contribution in [0.25, 0.3) is 10.9 Å². The maximum absolute atomic E-state index is 4.65. The minimum atomic E-state index is 0.000441. The van der Waals surface area contributed by atoms with E-state index in [1.807, 2.05) is 0 Å². The number of hydrogen-bond acceptors (Lipinski definition) is 4. The van der Waals surface area contributed by atoms with Gasteiger partial charge >= 0.3 is 0 Å². The van der Waals surface area contributed by atoms with Gasteiger partial charge in [0.05, 0.1) is 11.7 Å². The van der Waals surface area contributed by atoms with Gasteiger partial charge in [0.15, 0.2) is 5.82 Å². The van der Waals surface area contributed by atoms with E-state index in [1.165, 1.54) is 47.1 Å². The summed E-state index contributed by atoms with van der Waals surface area (Å²) in [5.41, 5.74) is 5.27. The van der Waals surface area contributed by atoms with Gasteiger partial charge in [-0.25, -0.2) is 4.68 Å². The van der Waals surface area contributed by atoms with Gasteiger partial charge in [-0.05, 0) is 53.5 Å². The second kappa shape index (κ2) is 7.52. The van der Waals surface area contributed by atoms with Crippen LogP contribution in [-0.4, -0.2) is 31.3 Å².